The molecule has 2 rings (SSSR count). The Kier molecular flexibility index (Phi) is 2.97. The van der Waals surface area contributed by atoms with Crippen molar-refractivity contribution < 1.29 is 13.5 Å². The average molecular weight is 232 g/mol. The van der Waals surface area contributed by atoms with Crippen LogP contribution >= 0.6 is 0 Å². The van der Waals surface area contributed by atoms with Crippen LogP contribution in [0.25, 0.3) is 0 Å². The molecule has 3 nitrogen and oxygen atoms in total. The van der Waals surface area contributed by atoms with Crippen molar-refractivity contribution in [3.05, 3.63) is 53.7 Å². The molecule has 17 heavy (non-hydrogen) atoms. The van der Waals surface area contributed by atoms with E-state index < -0.39 is 11.8 Å². The summed E-state index contributed by atoms with van der Waals surface area (Å²) >= 11 is 0. The van der Waals surface area contributed by atoms with Crippen LogP contribution in [0.5, 0.6) is 11.6 Å². The molecule has 0 saturated carbocycles. The number of ether oxygens (including phenoxy) is 1. The van der Waals surface area contributed by atoms with Crippen LogP contribution in [0, 0.1) is 23.1 Å². The molecule has 0 aliphatic heterocycles. The van der Waals surface area contributed by atoms with Gasteiger partial charge in [-0.1, -0.05) is 6.07 Å². The quantitative estimate of drug-likeness (QED) is 0.747. The van der Waals surface area contributed by atoms with Gasteiger partial charge in [-0.05, 0) is 24.3 Å². The molecule has 0 fully saturated rings. The van der Waals surface area contributed by atoms with Crippen LogP contribution in [0.4, 0.5) is 8.78 Å². The fourth-order valence-electron chi connectivity index (χ4n) is 1.21. The van der Waals surface area contributed by atoms with Crippen molar-refractivity contribution in [2.24, 2.45) is 0 Å². The van der Waals surface area contributed by atoms with Crippen LogP contribution < -0.4 is 4.74 Å². The summed E-state index contributed by atoms with van der Waals surface area (Å²) in [6.45, 7) is 0. The van der Waals surface area contributed by atoms with Crippen molar-refractivity contribution in [2.45, 2.75) is 0 Å². The minimum absolute atomic E-state index is 0.0476. The van der Waals surface area contributed by atoms with Crippen LogP contribution in [-0.4, -0.2) is 4.98 Å². The Morgan fingerprint density at radius 1 is 1.18 bits per heavy atom. The van der Waals surface area contributed by atoms with Gasteiger partial charge in [-0.25, -0.2) is 4.39 Å². The van der Waals surface area contributed by atoms with E-state index in [9.17, 15) is 8.78 Å². The highest BCUT2D eigenvalue weighted by atomic mass is 19.1. The van der Waals surface area contributed by atoms with Crippen molar-refractivity contribution in [1.29, 1.82) is 5.26 Å². The Hall–Kier alpha value is -2.48. The van der Waals surface area contributed by atoms with Gasteiger partial charge in [0.25, 0.3) is 0 Å². The summed E-state index contributed by atoms with van der Waals surface area (Å²) in [5, 5.41) is 8.56. The molecule has 0 unspecified atom stereocenters. The molecule has 2 aromatic rings. The van der Waals surface area contributed by atoms with E-state index in [2.05, 4.69) is 4.98 Å². The number of pyridine rings is 1. The lowest BCUT2D eigenvalue weighted by Gasteiger charge is -2.05. The number of nitrogens with zero attached hydrogens (tertiary/aromatic N) is 2. The number of rotatable bonds is 2. The molecule has 1 aromatic heterocycles. The van der Waals surface area contributed by atoms with Crippen molar-refractivity contribution in [1.82, 2.24) is 4.98 Å². The highest BCUT2D eigenvalue weighted by Crippen LogP contribution is 2.23. The zero-order valence-corrected chi connectivity index (χ0v) is 8.52. The normalized spacial score (nSPS) is 9.71. The molecule has 84 valence electrons. The van der Waals surface area contributed by atoms with Gasteiger partial charge >= 0.3 is 0 Å². The van der Waals surface area contributed by atoms with E-state index in [0.29, 0.717) is 0 Å². The monoisotopic (exact) mass is 232 g/mol. The molecule has 1 aromatic carbocycles. The number of benzene rings is 1. The molecule has 0 saturated heterocycles. The van der Waals surface area contributed by atoms with E-state index >= 15 is 0 Å². The number of hydrogen-bond acceptors (Lipinski definition) is 3. The van der Waals surface area contributed by atoms with Gasteiger partial charge in [-0.2, -0.15) is 14.6 Å². The number of halogens is 2. The van der Waals surface area contributed by atoms with E-state index in [1.807, 2.05) is 0 Å². The fourth-order valence-corrected chi connectivity index (χ4v) is 1.21. The molecule has 0 aliphatic carbocycles. The minimum atomic E-state index is -0.712. The van der Waals surface area contributed by atoms with Gasteiger partial charge in [-0.15, -0.1) is 0 Å². The Balaban J connectivity index is 2.28. The summed E-state index contributed by atoms with van der Waals surface area (Å²) in [5.41, 5.74) is 0.182. The summed E-state index contributed by atoms with van der Waals surface area (Å²) in [6, 6.07) is 9.49. The third-order valence-corrected chi connectivity index (χ3v) is 1.97. The molecule has 1 heterocycles. The highest BCUT2D eigenvalue weighted by molar-refractivity contribution is 5.37. The summed E-state index contributed by atoms with van der Waals surface area (Å²) in [7, 11) is 0. The van der Waals surface area contributed by atoms with E-state index in [0.717, 1.165) is 12.1 Å². The summed E-state index contributed by atoms with van der Waals surface area (Å²) in [4.78, 5) is 3.43. The minimum Gasteiger partial charge on any atom is -0.436 e. The maximum Gasteiger partial charge on any atom is 0.222 e. The Morgan fingerprint density at radius 3 is 2.65 bits per heavy atom. The molecule has 5 heteroatoms. The smallest absolute Gasteiger partial charge is 0.222 e. The molecule has 0 amide bonds. The van der Waals surface area contributed by atoms with E-state index in [1.165, 1.54) is 24.3 Å². The molecule has 0 spiro atoms. The van der Waals surface area contributed by atoms with Crippen LogP contribution in [-0.2, 0) is 0 Å². The first-order valence-electron chi connectivity index (χ1n) is 4.69. The maximum absolute atomic E-state index is 13.4. The van der Waals surface area contributed by atoms with E-state index in [-0.39, 0.29) is 17.2 Å². The Bertz CT molecular complexity index is 593. The maximum atomic E-state index is 13.4. The molecule has 0 aliphatic rings. The van der Waals surface area contributed by atoms with Gasteiger partial charge in [0, 0.05) is 6.07 Å². The average Bonchev–Trinajstić information content (AvgIpc) is 2.32. The predicted octanol–water partition coefficient (Wildman–Crippen LogP) is 3.02. The lowest BCUT2D eigenvalue weighted by molar-refractivity contribution is 0.416. The third-order valence-electron chi connectivity index (χ3n) is 1.97. The standard InChI is InChI=1S/C12H6F2N2O/c13-9-6-8(7-15)4-5-10(9)17-12-3-1-2-11(14)16-12/h1-6H. The molecule has 0 bridgehead atoms. The first kappa shape index (κ1) is 11.0. The lowest BCUT2D eigenvalue weighted by atomic mass is 10.2. The molecule has 0 N–H and O–H groups in total. The Morgan fingerprint density at radius 2 is 2.00 bits per heavy atom. The van der Waals surface area contributed by atoms with E-state index in [4.69, 9.17) is 10.00 Å². The summed E-state index contributed by atoms with van der Waals surface area (Å²) in [6.07, 6.45) is 0. The second-order valence-corrected chi connectivity index (χ2v) is 3.16. The topological polar surface area (TPSA) is 45.9 Å². The van der Waals surface area contributed by atoms with Crippen LogP contribution in [0.1, 0.15) is 5.56 Å². The summed E-state index contributed by atoms with van der Waals surface area (Å²) < 4.78 is 31.2. The van der Waals surface area contributed by atoms with Crippen LogP contribution in [0.3, 0.4) is 0 Å². The third kappa shape index (κ3) is 2.55. The molecule has 0 radical (unpaired) electrons. The second-order valence-electron chi connectivity index (χ2n) is 3.16. The molecular formula is C12H6F2N2O. The number of hydrogen-bond donors (Lipinski definition) is 0. The highest BCUT2D eigenvalue weighted by Gasteiger charge is 2.07. The first-order valence-corrected chi connectivity index (χ1v) is 4.69. The van der Waals surface area contributed by atoms with Crippen LogP contribution in [0.2, 0.25) is 0 Å². The lowest BCUT2D eigenvalue weighted by Crippen LogP contribution is -1.92. The predicted molar refractivity (Wildman–Crippen MR) is 55.4 cm³/mol. The largest absolute Gasteiger partial charge is 0.436 e. The van der Waals surface area contributed by atoms with Crippen molar-refractivity contribution >= 4 is 0 Å². The van der Waals surface area contributed by atoms with Crippen molar-refractivity contribution in [3.63, 3.8) is 0 Å². The van der Waals surface area contributed by atoms with Crippen LogP contribution in [0.15, 0.2) is 36.4 Å². The zero-order chi connectivity index (χ0) is 12.3. The van der Waals surface area contributed by atoms with Gasteiger partial charge in [0.1, 0.15) is 0 Å². The van der Waals surface area contributed by atoms with Gasteiger partial charge < -0.3 is 4.74 Å². The second kappa shape index (κ2) is 4.58. The van der Waals surface area contributed by atoms with E-state index in [1.54, 1.807) is 6.07 Å². The number of nitriles is 1. The van der Waals surface area contributed by atoms with Crippen molar-refractivity contribution in [3.8, 4) is 17.7 Å². The number of aromatic nitrogens is 1. The Labute approximate surface area is 95.9 Å². The van der Waals surface area contributed by atoms with Gasteiger partial charge in [-0.3, -0.25) is 0 Å². The molecule has 0 atom stereocenters. The first-order chi connectivity index (χ1) is 8.19. The fraction of sp³-hybridized carbons (Fsp3) is 0. The zero-order valence-electron chi connectivity index (χ0n) is 8.52. The van der Waals surface area contributed by atoms with Crippen molar-refractivity contribution in [2.75, 3.05) is 0 Å². The summed E-state index contributed by atoms with van der Waals surface area (Å²) in [5.74, 6) is -1.57. The van der Waals surface area contributed by atoms with Gasteiger partial charge in [0.15, 0.2) is 11.6 Å². The molecular weight excluding hydrogens is 226 g/mol. The SMILES string of the molecule is N#Cc1ccc(Oc2cccc(F)n2)c(F)c1. The van der Waals surface area contributed by atoms with Gasteiger partial charge in [0.2, 0.25) is 11.8 Å². The van der Waals surface area contributed by atoms with Gasteiger partial charge in [0.05, 0.1) is 11.6 Å².